The third-order valence-corrected chi connectivity index (χ3v) is 3.38. The van der Waals surface area contributed by atoms with Crippen LogP contribution in [0.3, 0.4) is 0 Å². The average molecular weight is 273 g/mol. The van der Waals surface area contributed by atoms with Crippen LogP contribution in [-0.4, -0.2) is 48.8 Å². The molecule has 106 valence electrons. The fourth-order valence-corrected chi connectivity index (χ4v) is 2.27. The molecule has 1 aromatic rings. The van der Waals surface area contributed by atoms with Crippen LogP contribution in [0, 0.1) is 11.8 Å². The molecule has 0 spiro atoms. The molecule has 1 aromatic carbocycles. The van der Waals surface area contributed by atoms with E-state index in [2.05, 4.69) is 11.8 Å². The summed E-state index contributed by atoms with van der Waals surface area (Å²) in [4.78, 5) is 14.3. The molecule has 0 aromatic heterocycles. The molecule has 1 aliphatic heterocycles. The van der Waals surface area contributed by atoms with Crippen LogP contribution >= 0.6 is 0 Å². The summed E-state index contributed by atoms with van der Waals surface area (Å²) in [5.74, 6) is 5.82. The molecule has 1 amide bonds. The number of nitrogens with zero attached hydrogens (tertiary/aromatic N) is 1. The molecule has 1 atom stereocenters. The lowest BCUT2D eigenvalue weighted by molar-refractivity contribution is 0.0724. The van der Waals surface area contributed by atoms with Gasteiger partial charge in [-0.05, 0) is 18.6 Å². The SMILES string of the molecule is COC1CCN(C(=O)c2ccccc2C#CCCO)C1. The second-order valence-electron chi connectivity index (χ2n) is 4.72. The maximum atomic E-state index is 12.5. The molecular weight excluding hydrogens is 254 g/mol. The molecule has 1 fully saturated rings. The highest BCUT2D eigenvalue weighted by molar-refractivity contribution is 5.96. The van der Waals surface area contributed by atoms with Crippen LogP contribution in [0.1, 0.15) is 28.8 Å². The number of amides is 1. The summed E-state index contributed by atoms with van der Waals surface area (Å²) in [7, 11) is 1.67. The van der Waals surface area contributed by atoms with Gasteiger partial charge in [-0.3, -0.25) is 4.79 Å². The normalized spacial score (nSPS) is 17.7. The lowest BCUT2D eigenvalue weighted by atomic mass is 10.1. The first-order valence-electron chi connectivity index (χ1n) is 6.77. The molecule has 1 heterocycles. The van der Waals surface area contributed by atoms with Gasteiger partial charge in [0.15, 0.2) is 0 Å². The van der Waals surface area contributed by atoms with Crippen molar-refractivity contribution in [2.24, 2.45) is 0 Å². The van der Waals surface area contributed by atoms with Crippen LogP contribution in [0.4, 0.5) is 0 Å². The Bertz CT molecular complexity index is 530. The second-order valence-corrected chi connectivity index (χ2v) is 4.72. The zero-order valence-electron chi connectivity index (χ0n) is 11.6. The minimum Gasteiger partial charge on any atom is -0.395 e. The number of aliphatic hydroxyl groups excluding tert-OH is 1. The summed E-state index contributed by atoms with van der Waals surface area (Å²) in [6.07, 6.45) is 1.42. The summed E-state index contributed by atoms with van der Waals surface area (Å²) in [6.45, 7) is 1.38. The third kappa shape index (κ3) is 3.38. The number of aliphatic hydroxyl groups is 1. The Balaban J connectivity index is 2.16. The van der Waals surface area contributed by atoms with E-state index in [1.807, 2.05) is 18.2 Å². The summed E-state index contributed by atoms with van der Waals surface area (Å²) in [5.41, 5.74) is 1.33. The number of hydrogen-bond donors (Lipinski definition) is 1. The Kier molecular flexibility index (Phi) is 5.16. The third-order valence-electron chi connectivity index (χ3n) is 3.38. The molecule has 1 aliphatic rings. The number of rotatable bonds is 3. The van der Waals surface area contributed by atoms with E-state index >= 15 is 0 Å². The first-order chi connectivity index (χ1) is 9.76. The van der Waals surface area contributed by atoms with E-state index in [1.54, 1.807) is 18.1 Å². The molecule has 0 saturated carbocycles. The maximum Gasteiger partial charge on any atom is 0.255 e. The first kappa shape index (κ1) is 14.6. The summed E-state index contributed by atoms with van der Waals surface area (Å²) in [5, 5.41) is 8.76. The minimum absolute atomic E-state index is 0.00144. The lowest BCUT2D eigenvalue weighted by Crippen LogP contribution is -2.30. The highest BCUT2D eigenvalue weighted by Crippen LogP contribution is 2.17. The van der Waals surface area contributed by atoms with Gasteiger partial charge in [0.1, 0.15) is 0 Å². The van der Waals surface area contributed by atoms with Gasteiger partial charge in [0.05, 0.1) is 18.3 Å². The van der Waals surface area contributed by atoms with Crippen LogP contribution in [-0.2, 0) is 4.74 Å². The van der Waals surface area contributed by atoms with E-state index in [9.17, 15) is 4.79 Å². The van der Waals surface area contributed by atoms with Crippen LogP contribution < -0.4 is 0 Å². The smallest absolute Gasteiger partial charge is 0.255 e. The van der Waals surface area contributed by atoms with Gasteiger partial charge in [-0.1, -0.05) is 24.0 Å². The Morgan fingerprint density at radius 2 is 2.30 bits per heavy atom. The van der Waals surface area contributed by atoms with E-state index in [-0.39, 0.29) is 18.6 Å². The van der Waals surface area contributed by atoms with E-state index in [4.69, 9.17) is 9.84 Å². The number of benzene rings is 1. The Hall–Kier alpha value is -1.83. The summed E-state index contributed by atoms with van der Waals surface area (Å²) >= 11 is 0. The number of likely N-dealkylation sites (tertiary alicyclic amines) is 1. The molecule has 1 N–H and O–H groups in total. The first-order valence-corrected chi connectivity index (χ1v) is 6.77. The van der Waals surface area contributed by atoms with Gasteiger partial charge in [-0.25, -0.2) is 0 Å². The average Bonchev–Trinajstić information content (AvgIpc) is 2.96. The molecule has 0 radical (unpaired) electrons. The Morgan fingerprint density at radius 1 is 1.50 bits per heavy atom. The van der Waals surface area contributed by atoms with Crippen molar-refractivity contribution in [3.8, 4) is 11.8 Å². The zero-order chi connectivity index (χ0) is 14.4. The number of ether oxygens (including phenoxy) is 1. The van der Waals surface area contributed by atoms with Gasteiger partial charge >= 0.3 is 0 Å². The quantitative estimate of drug-likeness (QED) is 0.844. The van der Waals surface area contributed by atoms with Crippen LogP contribution in [0.15, 0.2) is 24.3 Å². The van der Waals surface area contributed by atoms with Crippen molar-refractivity contribution in [3.63, 3.8) is 0 Å². The lowest BCUT2D eigenvalue weighted by Gasteiger charge is -2.17. The predicted molar refractivity (Wildman–Crippen MR) is 76.3 cm³/mol. The second kappa shape index (κ2) is 7.09. The molecule has 1 saturated heterocycles. The van der Waals surface area contributed by atoms with Crippen molar-refractivity contribution in [1.82, 2.24) is 4.90 Å². The summed E-state index contributed by atoms with van der Waals surface area (Å²) < 4.78 is 5.29. The molecule has 1 unspecified atom stereocenters. The van der Waals surface area contributed by atoms with Gasteiger partial charge in [0.2, 0.25) is 0 Å². The number of carbonyl (C=O) groups is 1. The molecule has 0 aliphatic carbocycles. The Labute approximate surface area is 119 Å². The van der Waals surface area contributed by atoms with E-state index in [0.29, 0.717) is 24.1 Å². The van der Waals surface area contributed by atoms with Crippen molar-refractivity contribution in [1.29, 1.82) is 0 Å². The highest BCUT2D eigenvalue weighted by atomic mass is 16.5. The molecule has 2 rings (SSSR count). The van der Waals surface area contributed by atoms with Crippen molar-refractivity contribution in [2.75, 3.05) is 26.8 Å². The number of hydrogen-bond acceptors (Lipinski definition) is 3. The van der Waals surface area contributed by atoms with Gasteiger partial charge in [0, 0.05) is 32.2 Å². The number of carbonyl (C=O) groups excluding carboxylic acids is 1. The molecular formula is C16H19NO3. The topological polar surface area (TPSA) is 49.8 Å². The van der Waals surface area contributed by atoms with Crippen LogP contribution in [0.2, 0.25) is 0 Å². The summed E-state index contributed by atoms with van der Waals surface area (Å²) in [6, 6.07) is 7.34. The van der Waals surface area contributed by atoms with Crippen molar-refractivity contribution >= 4 is 5.91 Å². The van der Waals surface area contributed by atoms with Crippen molar-refractivity contribution < 1.29 is 14.6 Å². The maximum absolute atomic E-state index is 12.5. The Morgan fingerprint density at radius 3 is 3.00 bits per heavy atom. The van der Waals surface area contributed by atoms with Crippen molar-refractivity contribution in [3.05, 3.63) is 35.4 Å². The zero-order valence-corrected chi connectivity index (χ0v) is 11.6. The van der Waals surface area contributed by atoms with Gasteiger partial charge in [-0.15, -0.1) is 0 Å². The fraction of sp³-hybridized carbons (Fsp3) is 0.438. The predicted octanol–water partition coefficient (Wildman–Crippen LogP) is 1.28. The van der Waals surface area contributed by atoms with Gasteiger partial charge in [0.25, 0.3) is 5.91 Å². The van der Waals surface area contributed by atoms with E-state index in [1.165, 1.54) is 0 Å². The van der Waals surface area contributed by atoms with Crippen molar-refractivity contribution in [2.45, 2.75) is 18.9 Å². The largest absolute Gasteiger partial charge is 0.395 e. The number of methoxy groups -OCH3 is 1. The van der Waals surface area contributed by atoms with E-state index in [0.717, 1.165) is 13.0 Å². The molecule has 4 heteroatoms. The van der Waals surface area contributed by atoms with Crippen LogP contribution in [0.5, 0.6) is 0 Å². The fourth-order valence-electron chi connectivity index (χ4n) is 2.27. The molecule has 0 bridgehead atoms. The monoisotopic (exact) mass is 273 g/mol. The molecule has 20 heavy (non-hydrogen) atoms. The standard InChI is InChI=1S/C16H19NO3/c1-20-14-9-10-17(12-14)16(19)15-8-3-2-6-13(15)7-4-5-11-18/h2-3,6,8,14,18H,5,9-12H2,1H3. The van der Waals surface area contributed by atoms with Gasteiger partial charge < -0.3 is 14.7 Å². The van der Waals surface area contributed by atoms with E-state index < -0.39 is 0 Å². The highest BCUT2D eigenvalue weighted by Gasteiger charge is 2.27. The van der Waals surface area contributed by atoms with Crippen LogP contribution in [0.25, 0.3) is 0 Å². The van der Waals surface area contributed by atoms with Gasteiger partial charge in [-0.2, -0.15) is 0 Å². The minimum atomic E-state index is -0.00144. The molecule has 4 nitrogen and oxygen atoms in total.